The third kappa shape index (κ3) is 5.15. The molecule has 0 spiro atoms. The van der Waals surface area contributed by atoms with Crippen molar-refractivity contribution in [1.29, 1.82) is 0 Å². The molecule has 1 aliphatic rings. The van der Waals surface area contributed by atoms with E-state index in [2.05, 4.69) is 28.5 Å². The van der Waals surface area contributed by atoms with Crippen molar-refractivity contribution in [3.05, 3.63) is 0 Å². The van der Waals surface area contributed by atoms with Crippen LogP contribution in [0.25, 0.3) is 0 Å². The Balaban J connectivity index is 0.00000256. The van der Waals surface area contributed by atoms with Crippen molar-refractivity contribution in [2.75, 3.05) is 20.1 Å². The third-order valence-corrected chi connectivity index (χ3v) is 3.63. The molecule has 98 valence electrons. The molecule has 1 saturated carbocycles. The Labute approximate surface area is 122 Å². The van der Waals surface area contributed by atoms with E-state index in [1.165, 1.54) is 32.1 Å². The second-order valence-electron chi connectivity index (χ2n) is 4.54. The maximum absolute atomic E-state index is 5.21. The zero-order chi connectivity index (χ0) is 11.9. The van der Waals surface area contributed by atoms with Gasteiger partial charge in [-0.1, -0.05) is 25.7 Å². The SMILES string of the molecule is C#CCNC(=NC)NCC1(CC)CCCC1.I. The van der Waals surface area contributed by atoms with E-state index < -0.39 is 0 Å². The van der Waals surface area contributed by atoms with E-state index in [1.54, 1.807) is 7.05 Å². The van der Waals surface area contributed by atoms with Crippen LogP contribution in [0.3, 0.4) is 0 Å². The minimum atomic E-state index is 0. The number of terminal acetylenes is 1. The van der Waals surface area contributed by atoms with Crippen LogP contribution in [0.1, 0.15) is 39.0 Å². The number of nitrogens with zero attached hydrogens (tertiary/aromatic N) is 1. The Bertz CT molecular complexity index is 275. The normalized spacial score (nSPS) is 18.1. The van der Waals surface area contributed by atoms with Crippen LogP contribution in [0.2, 0.25) is 0 Å². The number of rotatable bonds is 4. The number of guanidine groups is 1. The van der Waals surface area contributed by atoms with Crippen molar-refractivity contribution in [2.24, 2.45) is 10.4 Å². The lowest BCUT2D eigenvalue weighted by Gasteiger charge is -2.28. The van der Waals surface area contributed by atoms with Crippen molar-refractivity contribution >= 4 is 29.9 Å². The number of aliphatic imine (C=N–C) groups is 1. The first-order chi connectivity index (χ1) is 7.76. The molecule has 0 atom stereocenters. The van der Waals surface area contributed by atoms with E-state index in [0.717, 1.165) is 12.5 Å². The summed E-state index contributed by atoms with van der Waals surface area (Å²) in [6.07, 6.45) is 11.9. The summed E-state index contributed by atoms with van der Waals surface area (Å²) >= 11 is 0. The van der Waals surface area contributed by atoms with E-state index in [1.807, 2.05) is 0 Å². The maximum atomic E-state index is 5.21. The van der Waals surface area contributed by atoms with Crippen LogP contribution in [0.4, 0.5) is 0 Å². The largest absolute Gasteiger partial charge is 0.356 e. The molecule has 1 fully saturated rings. The van der Waals surface area contributed by atoms with Gasteiger partial charge in [-0.3, -0.25) is 4.99 Å². The van der Waals surface area contributed by atoms with Gasteiger partial charge in [0.25, 0.3) is 0 Å². The molecule has 0 aromatic heterocycles. The highest BCUT2D eigenvalue weighted by molar-refractivity contribution is 14.0. The molecule has 0 aromatic rings. The van der Waals surface area contributed by atoms with E-state index in [9.17, 15) is 0 Å². The van der Waals surface area contributed by atoms with Crippen molar-refractivity contribution in [3.8, 4) is 12.3 Å². The van der Waals surface area contributed by atoms with Gasteiger partial charge in [0.2, 0.25) is 0 Å². The minimum absolute atomic E-state index is 0. The molecular weight excluding hydrogens is 325 g/mol. The molecular formula is C13H24IN3. The summed E-state index contributed by atoms with van der Waals surface area (Å²) in [5, 5.41) is 6.47. The summed E-state index contributed by atoms with van der Waals surface area (Å²) < 4.78 is 0. The molecule has 3 nitrogen and oxygen atoms in total. The van der Waals surface area contributed by atoms with E-state index >= 15 is 0 Å². The molecule has 0 heterocycles. The van der Waals surface area contributed by atoms with Crippen LogP contribution in [-0.2, 0) is 0 Å². The van der Waals surface area contributed by atoms with Crippen molar-refractivity contribution in [2.45, 2.75) is 39.0 Å². The minimum Gasteiger partial charge on any atom is -0.356 e. The molecule has 0 bridgehead atoms. The van der Waals surface area contributed by atoms with Gasteiger partial charge >= 0.3 is 0 Å². The van der Waals surface area contributed by atoms with Crippen LogP contribution in [0.5, 0.6) is 0 Å². The first-order valence-corrected chi connectivity index (χ1v) is 6.14. The fourth-order valence-electron chi connectivity index (χ4n) is 2.41. The number of hydrogen-bond acceptors (Lipinski definition) is 1. The second-order valence-corrected chi connectivity index (χ2v) is 4.54. The topological polar surface area (TPSA) is 36.4 Å². The van der Waals surface area contributed by atoms with Crippen LogP contribution in [-0.4, -0.2) is 26.1 Å². The molecule has 17 heavy (non-hydrogen) atoms. The highest BCUT2D eigenvalue weighted by atomic mass is 127. The Kier molecular flexibility index (Phi) is 8.40. The van der Waals surface area contributed by atoms with Gasteiger partial charge in [0.05, 0.1) is 6.54 Å². The molecule has 4 heteroatoms. The Hall–Kier alpha value is -0.440. The molecule has 1 rings (SSSR count). The average Bonchev–Trinajstić information content (AvgIpc) is 2.79. The van der Waals surface area contributed by atoms with E-state index in [4.69, 9.17) is 6.42 Å². The van der Waals surface area contributed by atoms with Crippen LogP contribution >= 0.6 is 24.0 Å². The molecule has 0 aromatic carbocycles. The highest BCUT2D eigenvalue weighted by Crippen LogP contribution is 2.40. The molecule has 2 N–H and O–H groups in total. The lowest BCUT2D eigenvalue weighted by molar-refractivity contribution is 0.283. The van der Waals surface area contributed by atoms with Crippen LogP contribution in [0.15, 0.2) is 4.99 Å². The van der Waals surface area contributed by atoms with Gasteiger partial charge in [0.1, 0.15) is 0 Å². The second kappa shape index (κ2) is 8.62. The Morgan fingerprint density at radius 1 is 1.35 bits per heavy atom. The van der Waals surface area contributed by atoms with Gasteiger partial charge in [-0.15, -0.1) is 30.4 Å². The average molecular weight is 349 g/mol. The summed E-state index contributed by atoms with van der Waals surface area (Å²) in [5.74, 6) is 3.37. The summed E-state index contributed by atoms with van der Waals surface area (Å²) in [6, 6.07) is 0. The van der Waals surface area contributed by atoms with Crippen molar-refractivity contribution < 1.29 is 0 Å². The lowest BCUT2D eigenvalue weighted by Crippen LogP contribution is -2.42. The predicted octanol–water partition coefficient (Wildman–Crippen LogP) is 2.37. The van der Waals surface area contributed by atoms with Gasteiger partial charge in [0, 0.05) is 13.6 Å². The Morgan fingerprint density at radius 2 is 2.00 bits per heavy atom. The molecule has 0 radical (unpaired) electrons. The predicted molar refractivity (Wildman–Crippen MR) is 84.8 cm³/mol. The molecule has 1 aliphatic carbocycles. The first kappa shape index (κ1) is 16.6. The number of nitrogens with one attached hydrogen (secondary N) is 2. The molecule has 0 aliphatic heterocycles. The summed E-state index contributed by atoms with van der Waals surface area (Å²) in [4.78, 5) is 4.15. The van der Waals surface area contributed by atoms with Crippen molar-refractivity contribution in [1.82, 2.24) is 10.6 Å². The smallest absolute Gasteiger partial charge is 0.191 e. The van der Waals surface area contributed by atoms with Gasteiger partial charge < -0.3 is 10.6 Å². The summed E-state index contributed by atoms with van der Waals surface area (Å²) in [7, 11) is 1.78. The van der Waals surface area contributed by atoms with Gasteiger partial charge in [-0.25, -0.2) is 0 Å². The van der Waals surface area contributed by atoms with Gasteiger partial charge in [-0.2, -0.15) is 0 Å². The monoisotopic (exact) mass is 349 g/mol. The maximum Gasteiger partial charge on any atom is 0.191 e. The fourth-order valence-corrected chi connectivity index (χ4v) is 2.41. The number of halogens is 1. The third-order valence-electron chi connectivity index (χ3n) is 3.63. The van der Waals surface area contributed by atoms with E-state index in [-0.39, 0.29) is 24.0 Å². The Morgan fingerprint density at radius 3 is 2.47 bits per heavy atom. The zero-order valence-corrected chi connectivity index (χ0v) is 13.2. The van der Waals surface area contributed by atoms with Crippen LogP contribution < -0.4 is 10.6 Å². The summed E-state index contributed by atoms with van der Waals surface area (Å²) in [6.45, 7) is 3.82. The van der Waals surface area contributed by atoms with Crippen molar-refractivity contribution in [3.63, 3.8) is 0 Å². The first-order valence-electron chi connectivity index (χ1n) is 6.14. The van der Waals surface area contributed by atoms with Gasteiger partial charge in [-0.05, 0) is 24.7 Å². The fraction of sp³-hybridized carbons (Fsp3) is 0.769. The standard InChI is InChI=1S/C13H23N3.HI/c1-4-10-15-12(14-3)16-11-13(5-2)8-6-7-9-13;/h1H,5-11H2,2-3H3,(H2,14,15,16);1H. The zero-order valence-electron chi connectivity index (χ0n) is 10.9. The molecule has 0 amide bonds. The molecule has 0 saturated heterocycles. The highest BCUT2D eigenvalue weighted by Gasteiger charge is 2.31. The number of hydrogen-bond donors (Lipinski definition) is 2. The quantitative estimate of drug-likeness (QED) is 0.354. The lowest BCUT2D eigenvalue weighted by atomic mass is 9.83. The molecule has 0 unspecified atom stereocenters. The van der Waals surface area contributed by atoms with Crippen LogP contribution in [0, 0.1) is 17.8 Å². The van der Waals surface area contributed by atoms with E-state index in [0.29, 0.717) is 12.0 Å². The summed E-state index contributed by atoms with van der Waals surface area (Å²) in [5.41, 5.74) is 0.480. The van der Waals surface area contributed by atoms with Gasteiger partial charge in [0.15, 0.2) is 5.96 Å².